The summed E-state index contributed by atoms with van der Waals surface area (Å²) in [7, 11) is -8.87. The van der Waals surface area contributed by atoms with Crippen molar-refractivity contribution in [3.63, 3.8) is 0 Å². The molecule has 0 bridgehead atoms. The van der Waals surface area contributed by atoms with Crippen LogP contribution in [0.3, 0.4) is 0 Å². The number of sulfone groups is 1. The van der Waals surface area contributed by atoms with Gasteiger partial charge in [0, 0.05) is 5.56 Å². The van der Waals surface area contributed by atoms with E-state index in [4.69, 9.17) is 11.6 Å². The predicted octanol–water partition coefficient (Wildman–Crippen LogP) is 3.09. The molecule has 0 fully saturated rings. The van der Waals surface area contributed by atoms with Crippen molar-refractivity contribution in [1.82, 2.24) is 0 Å². The number of rotatable bonds is 7. The Hall–Kier alpha value is -1.97. The average Bonchev–Trinajstić information content (AvgIpc) is 2.63. The van der Waals surface area contributed by atoms with Crippen LogP contribution in [0.1, 0.15) is 12.5 Å². The van der Waals surface area contributed by atoms with Gasteiger partial charge in [-0.05, 0) is 19.1 Å². The van der Waals surface area contributed by atoms with Crippen molar-refractivity contribution in [3.05, 3.63) is 66.2 Å². The van der Waals surface area contributed by atoms with Gasteiger partial charge in [-0.1, -0.05) is 65.3 Å². The Bertz CT molecular complexity index is 991. The van der Waals surface area contributed by atoms with Crippen LogP contribution in [0, 0.1) is 0 Å². The van der Waals surface area contributed by atoms with Crippen molar-refractivity contribution < 1.29 is 25.5 Å². The third kappa shape index (κ3) is 4.22. The molecule has 2 aromatic carbocycles. The maximum atomic E-state index is 15.4. The lowest BCUT2D eigenvalue weighted by atomic mass is 10.1. The van der Waals surface area contributed by atoms with Gasteiger partial charge in [0.2, 0.25) is 9.84 Å². The average molecular weight is 420 g/mol. The fourth-order valence-electron chi connectivity index (χ4n) is 1.89. The molecule has 1 atom stereocenters. The monoisotopic (exact) mass is 419 g/mol. The molecule has 140 valence electrons. The molecule has 0 N–H and O–H groups in total. The van der Waals surface area contributed by atoms with Gasteiger partial charge in [0.05, 0.1) is 10.6 Å². The zero-order valence-corrected chi connectivity index (χ0v) is 15.9. The van der Waals surface area contributed by atoms with E-state index >= 15 is 4.39 Å². The van der Waals surface area contributed by atoms with Gasteiger partial charge in [0.1, 0.15) is 0 Å². The smallest absolute Gasteiger partial charge is 0.268 e. The highest BCUT2D eigenvalue weighted by atomic mass is 35.5. The molecule has 0 aliphatic heterocycles. The van der Waals surface area contributed by atoms with E-state index in [1.807, 2.05) is 0 Å². The normalized spacial score (nSPS) is 15.3. The first kappa shape index (κ1) is 20.3. The van der Waals surface area contributed by atoms with Crippen molar-refractivity contribution in [2.45, 2.75) is 16.3 Å². The van der Waals surface area contributed by atoms with Crippen LogP contribution in [0.4, 0.5) is 4.39 Å². The van der Waals surface area contributed by atoms with E-state index in [0.29, 0.717) is 0 Å². The van der Waals surface area contributed by atoms with Crippen molar-refractivity contribution in [2.24, 2.45) is 5.16 Å². The number of hydrogen-bond donors (Lipinski definition) is 0. The molecule has 0 radical (unpaired) electrons. The fourth-order valence-corrected chi connectivity index (χ4v) is 3.82. The summed E-state index contributed by atoms with van der Waals surface area (Å²) >= 11 is 5.77. The summed E-state index contributed by atoms with van der Waals surface area (Å²) in [5.74, 6) is -0.439. The van der Waals surface area contributed by atoms with E-state index in [1.165, 1.54) is 43.3 Å². The van der Waals surface area contributed by atoms with Crippen LogP contribution in [0.5, 0.6) is 0 Å². The quantitative estimate of drug-likeness (QED) is 0.391. The fraction of sp³-hybridized carbons (Fsp3) is 0.188. The molecular weight excluding hydrogens is 405 g/mol. The number of halogens is 2. The molecule has 10 heteroatoms. The van der Waals surface area contributed by atoms with Gasteiger partial charge in [-0.3, -0.25) is 4.28 Å². The summed E-state index contributed by atoms with van der Waals surface area (Å²) in [6.07, 6.45) is 0. The molecule has 0 spiro atoms. The second-order valence-electron chi connectivity index (χ2n) is 5.06. The first-order valence-corrected chi connectivity index (χ1v) is 10.8. The Morgan fingerprint density at radius 3 is 2.04 bits per heavy atom. The first-order chi connectivity index (χ1) is 12.1. The van der Waals surface area contributed by atoms with Crippen molar-refractivity contribution in [2.75, 3.05) is 5.75 Å². The molecule has 0 saturated heterocycles. The molecule has 0 aromatic heterocycles. The summed E-state index contributed by atoms with van der Waals surface area (Å²) in [5, 5.41) is 3.24. The number of oxime groups is 1. The molecule has 0 saturated carbocycles. The van der Waals surface area contributed by atoms with E-state index in [1.54, 1.807) is 12.1 Å². The molecule has 2 aromatic rings. The van der Waals surface area contributed by atoms with Gasteiger partial charge < -0.3 is 0 Å². The third-order valence-electron chi connectivity index (χ3n) is 3.31. The molecule has 26 heavy (non-hydrogen) atoms. The highest BCUT2D eigenvalue weighted by Gasteiger charge is 2.50. The van der Waals surface area contributed by atoms with Gasteiger partial charge in [-0.25, -0.2) is 12.8 Å². The molecule has 2 rings (SSSR count). The maximum Gasteiger partial charge on any atom is 0.333 e. The summed E-state index contributed by atoms with van der Waals surface area (Å²) < 4.78 is 64.6. The third-order valence-corrected chi connectivity index (χ3v) is 6.87. The van der Waals surface area contributed by atoms with E-state index in [-0.39, 0.29) is 10.5 Å². The molecule has 6 nitrogen and oxygen atoms in total. The van der Waals surface area contributed by atoms with Crippen LogP contribution in [0.25, 0.3) is 0 Å². The van der Waals surface area contributed by atoms with Crippen molar-refractivity contribution >= 4 is 37.3 Å². The molecule has 1 unspecified atom stereocenters. The highest BCUT2D eigenvalue weighted by Crippen LogP contribution is 2.35. The van der Waals surface area contributed by atoms with Gasteiger partial charge in [0.15, 0.2) is 5.71 Å². The van der Waals surface area contributed by atoms with Crippen LogP contribution in [0.15, 0.2) is 70.7 Å². The standard InChI is InChI=1S/C16H15ClFNO5S2/c1-2-25(20,21)24-19-15(13-9-5-3-6-10-13)16(17,18)26(22,23)14-11-7-4-8-12-14/h3-12H,2H2,1H3. The minimum absolute atomic E-state index is 0.0455. The van der Waals surface area contributed by atoms with Crippen molar-refractivity contribution in [1.29, 1.82) is 0 Å². The molecule has 0 aliphatic rings. The van der Waals surface area contributed by atoms with E-state index < -0.39 is 35.9 Å². The lowest BCUT2D eigenvalue weighted by molar-refractivity contribution is 0.332. The molecule has 0 heterocycles. The minimum Gasteiger partial charge on any atom is -0.268 e. The Morgan fingerprint density at radius 2 is 1.54 bits per heavy atom. The largest absolute Gasteiger partial charge is 0.333 e. The summed E-state index contributed by atoms with van der Waals surface area (Å²) in [5.41, 5.74) is -0.934. The predicted molar refractivity (Wildman–Crippen MR) is 96.8 cm³/mol. The zero-order valence-electron chi connectivity index (χ0n) is 13.5. The van der Waals surface area contributed by atoms with E-state index in [0.717, 1.165) is 12.1 Å². The zero-order chi connectivity index (χ0) is 19.4. The lowest BCUT2D eigenvalue weighted by Crippen LogP contribution is -2.38. The Kier molecular flexibility index (Phi) is 6.05. The van der Waals surface area contributed by atoms with Gasteiger partial charge in [0.25, 0.3) is 0 Å². The van der Waals surface area contributed by atoms with Crippen LogP contribution in [-0.2, 0) is 24.2 Å². The van der Waals surface area contributed by atoms with Gasteiger partial charge >= 0.3 is 14.6 Å². The van der Waals surface area contributed by atoms with Crippen LogP contribution in [0.2, 0.25) is 0 Å². The molecular formula is C16H15ClFNO5S2. The summed E-state index contributed by atoms with van der Waals surface area (Å²) in [6.45, 7) is 1.29. The summed E-state index contributed by atoms with van der Waals surface area (Å²) in [6, 6.07) is 13.9. The topological polar surface area (TPSA) is 89.9 Å². The van der Waals surface area contributed by atoms with Crippen LogP contribution in [-0.4, -0.2) is 32.8 Å². The van der Waals surface area contributed by atoms with Crippen molar-refractivity contribution in [3.8, 4) is 0 Å². The van der Waals surface area contributed by atoms with Crippen LogP contribution >= 0.6 is 11.6 Å². The number of alkyl halides is 2. The maximum absolute atomic E-state index is 15.4. The number of nitrogens with zero attached hydrogens (tertiary/aromatic N) is 1. The summed E-state index contributed by atoms with van der Waals surface area (Å²) in [4.78, 5) is -0.389. The molecule has 0 amide bonds. The first-order valence-electron chi connectivity index (χ1n) is 7.34. The second-order valence-corrected chi connectivity index (χ2v) is 9.69. The highest BCUT2D eigenvalue weighted by molar-refractivity contribution is 7.95. The lowest BCUT2D eigenvalue weighted by Gasteiger charge is -2.20. The Morgan fingerprint density at radius 1 is 1.04 bits per heavy atom. The minimum atomic E-state index is -4.77. The molecule has 0 aliphatic carbocycles. The van der Waals surface area contributed by atoms with Gasteiger partial charge in [-0.2, -0.15) is 8.42 Å². The number of hydrogen-bond acceptors (Lipinski definition) is 6. The SMILES string of the molecule is CCS(=O)(=O)ON=C(c1ccccc1)C(F)(Cl)S(=O)(=O)c1ccccc1. The Labute approximate surface area is 156 Å². The van der Waals surface area contributed by atoms with Crippen LogP contribution < -0.4 is 0 Å². The van der Waals surface area contributed by atoms with E-state index in [2.05, 4.69) is 9.44 Å². The Balaban J connectivity index is 2.62. The second kappa shape index (κ2) is 7.73. The van der Waals surface area contributed by atoms with Gasteiger partial charge in [-0.15, -0.1) is 0 Å². The van der Waals surface area contributed by atoms with E-state index in [9.17, 15) is 16.8 Å². The number of benzene rings is 2.